The Kier molecular flexibility index (Phi) is 3.08. The largest absolute Gasteiger partial charge is 0.469 e. The van der Waals surface area contributed by atoms with Crippen molar-refractivity contribution < 1.29 is 23.5 Å². The van der Waals surface area contributed by atoms with Gasteiger partial charge in [-0.3, -0.25) is 9.59 Å². The molecule has 0 spiro atoms. The van der Waals surface area contributed by atoms with Crippen molar-refractivity contribution in [3.05, 3.63) is 23.7 Å². The Morgan fingerprint density at radius 1 is 1.53 bits per heavy atom. The van der Waals surface area contributed by atoms with E-state index in [2.05, 4.69) is 4.74 Å². The summed E-state index contributed by atoms with van der Waals surface area (Å²) >= 11 is 0. The lowest BCUT2D eigenvalue weighted by atomic mass is 9.84. The molecule has 1 unspecified atom stereocenters. The molecule has 1 aromatic heterocycles. The summed E-state index contributed by atoms with van der Waals surface area (Å²) in [6, 6.07) is 1.53. The lowest BCUT2D eigenvalue weighted by Crippen LogP contribution is -2.34. The van der Waals surface area contributed by atoms with Gasteiger partial charge >= 0.3 is 5.97 Å². The van der Waals surface area contributed by atoms with Crippen molar-refractivity contribution >= 4 is 17.5 Å². The fourth-order valence-electron chi connectivity index (χ4n) is 1.94. The standard InChI is InChI=1S/C12H12O5/c1-2-16-12(15)11(14)8-3-4-9-7(10(8)13)5-6-17-9/h5-6,8H,2-4H2,1H3. The fourth-order valence-corrected chi connectivity index (χ4v) is 1.94. The molecule has 0 N–H and O–H groups in total. The second-order valence-corrected chi connectivity index (χ2v) is 3.80. The second-order valence-electron chi connectivity index (χ2n) is 3.80. The minimum absolute atomic E-state index is 0.127. The highest BCUT2D eigenvalue weighted by atomic mass is 16.5. The third-order valence-corrected chi connectivity index (χ3v) is 2.78. The summed E-state index contributed by atoms with van der Waals surface area (Å²) < 4.78 is 9.72. The summed E-state index contributed by atoms with van der Waals surface area (Å²) in [5.74, 6) is -2.37. The number of ether oxygens (including phenoxy) is 1. The van der Waals surface area contributed by atoms with Crippen LogP contribution in [0.1, 0.15) is 29.5 Å². The zero-order chi connectivity index (χ0) is 12.4. The first-order valence-corrected chi connectivity index (χ1v) is 5.46. The first-order chi connectivity index (χ1) is 8.15. The Balaban J connectivity index is 2.18. The van der Waals surface area contributed by atoms with Gasteiger partial charge < -0.3 is 9.15 Å². The van der Waals surface area contributed by atoms with Crippen molar-refractivity contribution in [1.29, 1.82) is 0 Å². The van der Waals surface area contributed by atoms with E-state index in [0.29, 0.717) is 24.2 Å². The molecule has 1 aromatic rings. The van der Waals surface area contributed by atoms with Crippen LogP contribution in [0.3, 0.4) is 0 Å². The number of rotatable bonds is 3. The van der Waals surface area contributed by atoms with Crippen molar-refractivity contribution in [2.75, 3.05) is 6.61 Å². The number of hydrogen-bond acceptors (Lipinski definition) is 5. The van der Waals surface area contributed by atoms with Gasteiger partial charge in [0.1, 0.15) is 5.76 Å². The lowest BCUT2D eigenvalue weighted by Gasteiger charge is -2.17. The quantitative estimate of drug-likeness (QED) is 0.447. The van der Waals surface area contributed by atoms with Gasteiger partial charge in [-0.15, -0.1) is 0 Å². The van der Waals surface area contributed by atoms with Gasteiger partial charge in [0.05, 0.1) is 24.4 Å². The Hall–Kier alpha value is -1.91. The molecule has 1 aliphatic carbocycles. The highest BCUT2D eigenvalue weighted by Crippen LogP contribution is 2.27. The van der Waals surface area contributed by atoms with Gasteiger partial charge in [-0.25, -0.2) is 4.79 Å². The molecule has 0 radical (unpaired) electrons. The number of ketones is 2. The van der Waals surface area contributed by atoms with Crippen molar-refractivity contribution in [1.82, 2.24) is 0 Å². The molecule has 5 nitrogen and oxygen atoms in total. The molecule has 90 valence electrons. The number of carbonyl (C=O) groups excluding carboxylic acids is 3. The van der Waals surface area contributed by atoms with Crippen LogP contribution in [0, 0.1) is 5.92 Å². The molecule has 17 heavy (non-hydrogen) atoms. The molecule has 2 rings (SSSR count). The first-order valence-electron chi connectivity index (χ1n) is 5.46. The smallest absolute Gasteiger partial charge is 0.375 e. The number of Topliss-reactive ketones (excluding diaryl/α,β-unsaturated/α-hetero) is 2. The van der Waals surface area contributed by atoms with E-state index in [1.165, 1.54) is 12.3 Å². The summed E-state index contributed by atoms with van der Waals surface area (Å²) in [7, 11) is 0. The Labute approximate surface area is 97.7 Å². The molecule has 0 saturated heterocycles. The molecule has 0 saturated carbocycles. The van der Waals surface area contributed by atoms with Crippen LogP contribution in [0.15, 0.2) is 16.7 Å². The van der Waals surface area contributed by atoms with Gasteiger partial charge in [0, 0.05) is 6.42 Å². The van der Waals surface area contributed by atoms with Crippen LogP contribution in [0.5, 0.6) is 0 Å². The zero-order valence-electron chi connectivity index (χ0n) is 9.39. The van der Waals surface area contributed by atoms with Crippen LogP contribution >= 0.6 is 0 Å². The van der Waals surface area contributed by atoms with Crippen LogP contribution in [0.4, 0.5) is 0 Å². The predicted molar refractivity (Wildman–Crippen MR) is 56.5 cm³/mol. The van der Waals surface area contributed by atoms with Crippen LogP contribution in [0.2, 0.25) is 0 Å². The van der Waals surface area contributed by atoms with Gasteiger partial charge in [0.2, 0.25) is 0 Å². The van der Waals surface area contributed by atoms with Crippen LogP contribution < -0.4 is 0 Å². The first kappa shape index (κ1) is 11.6. The maximum Gasteiger partial charge on any atom is 0.375 e. The molecule has 0 aliphatic heterocycles. The van der Waals surface area contributed by atoms with Gasteiger partial charge in [0.15, 0.2) is 5.78 Å². The summed E-state index contributed by atoms with van der Waals surface area (Å²) in [5.41, 5.74) is 0.402. The van der Waals surface area contributed by atoms with Gasteiger partial charge in [-0.05, 0) is 19.4 Å². The maximum atomic E-state index is 11.9. The third kappa shape index (κ3) is 2.00. The molecule has 5 heteroatoms. The van der Waals surface area contributed by atoms with E-state index in [4.69, 9.17) is 4.42 Å². The molecule has 0 fully saturated rings. The van der Waals surface area contributed by atoms with E-state index >= 15 is 0 Å². The number of aryl methyl sites for hydroxylation is 1. The Morgan fingerprint density at radius 2 is 2.29 bits per heavy atom. The molecular formula is C12H12O5. The van der Waals surface area contributed by atoms with Crippen LogP contribution in [-0.4, -0.2) is 24.1 Å². The molecule has 1 aliphatic rings. The van der Waals surface area contributed by atoms with E-state index in [0.717, 1.165) is 0 Å². The third-order valence-electron chi connectivity index (χ3n) is 2.78. The monoisotopic (exact) mass is 236 g/mol. The number of carbonyl (C=O) groups is 3. The summed E-state index contributed by atoms with van der Waals surface area (Å²) in [5, 5.41) is 0. The zero-order valence-corrected chi connectivity index (χ0v) is 9.39. The number of furan rings is 1. The topological polar surface area (TPSA) is 73.6 Å². The minimum Gasteiger partial charge on any atom is -0.469 e. The fraction of sp³-hybridized carbons (Fsp3) is 0.417. The van der Waals surface area contributed by atoms with E-state index in [-0.39, 0.29) is 12.4 Å². The van der Waals surface area contributed by atoms with Gasteiger partial charge in [0.25, 0.3) is 5.78 Å². The highest BCUT2D eigenvalue weighted by Gasteiger charge is 2.37. The van der Waals surface area contributed by atoms with E-state index in [1.54, 1.807) is 6.92 Å². The predicted octanol–water partition coefficient (Wildman–Crippen LogP) is 1.16. The molecule has 1 atom stereocenters. The SMILES string of the molecule is CCOC(=O)C(=O)C1CCc2occc2C1=O. The van der Waals surface area contributed by atoms with Crippen LogP contribution in [0.25, 0.3) is 0 Å². The normalized spacial score (nSPS) is 18.6. The molecule has 0 aromatic carbocycles. The number of hydrogen-bond donors (Lipinski definition) is 0. The van der Waals surface area contributed by atoms with E-state index < -0.39 is 17.7 Å². The average molecular weight is 236 g/mol. The van der Waals surface area contributed by atoms with E-state index in [1.807, 2.05) is 0 Å². The Morgan fingerprint density at radius 3 is 3.00 bits per heavy atom. The molecular weight excluding hydrogens is 224 g/mol. The summed E-state index contributed by atoms with van der Waals surface area (Å²) in [4.78, 5) is 34.9. The number of fused-ring (bicyclic) bond motifs is 1. The minimum atomic E-state index is -0.933. The second kappa shape index (κ2) is 4.53. The lowest BCUT2D eigenvalue weighted by molar-refractivity contribution is -0.154. The maximum absolute atomic E-state index is 11.9. The Bertz CT molecular complexity index is 471. The average Bonchev–Trinajstić information content (AvgIpc) is 2.78. The summed E-state index contributed by atoms with van der Waals surface area (Å²) in [6.45, 7) is 1.74. The molecule has 1 heterocycles. The van der Waals surface area contributed by atoms with Gasteiger partial charge in [-0.2, -0.15) is 0 Å². The van der Waals surface area contributed by atoms with Crippen molar-refractivity contribution in [2.45, 2.75) is 19.8 Å². The van der Waals surface area contributed by atoms with Crippen LogP contribution in [-0.2, 0) is 20.7 Å². The van der Waals surface area contributed by atoms with Crippen molar-refractivity contribution in [3.8, 4) is 0 Å². The highest BCUT2D eigenvalue weighted by molar-refractivity contribution is 6.39. The molecule has 0 bridgehead atoms. The van der Waals surface area contributed by atoms with Crippen molar-refractivity contribution in [2.24, 2.45) is 5.92 Å². The molecule has 0 amide bonds. The van der Waals surface area contributed by atoms with Gasteiger partial charge in [-0.1, -0.05) is 0 Å². The van der Waals surface area contributed by atoms with E-state index in [9.17, 15) is 14.4 Å². The number of esters is 1. The summed E-state index contributed by atoms with van der Waals surface area (Å²) in [6.07, 6.45) is 2.21. The van der Waals surface area contributed by atoms with Crippen molar-refractivity contribution in [3.63, 3.8) is 0 Å².